The van der Waals surface area contributed by atoms with Crippen molar-refractivity contribution in [3.63, 3.8) is 0 Å². The number of aromatic nitrogens is 2. The Morgan fingerprint density at radius 3 is 2.50 bits per heavy atom. The van der Waals surface area contributed by atoms with E-state index in [0.29, 0.717) is 5.75 Å². The van der Waals surface area contributed by atoms with E-state index >= 15 is 0 Å². The molecule has 6 heteroatoms. The van der Waals surface area contributed by atoms with Gasteiger partial charge in [-0.25, -0.2) is 0 Å². The highest BCUT2D eigenvalue weighted by molar-refractivity contribution is 9.10. The van der Waals surface area contributed by atoms with Crippen molar-refractivity contribution >= 4 is 27.4 Å². The Balaban J connectivity index is 1.83. The summed E-state index contributed by atoms with van der Waals surface area (Å²) in [5.74, 6) is 2.34. The Bertz CT molecular complexity index is 995. The van der Waals surface area contributed by atoms with Crippen LogP contribution in [0.25, 0.3) is 11.3 Å². The molecule has 0 amide bonds. The molecule has 1 aromatic heterocycles. The van der Waals surface area contributed by atoms with Gasteiger partial charge in [-0.1, -0.05) is 35.8 Å². The van der Waals surface area contributed by atoms with Crippen LogP contribution in [0.5, 0.6) is 11.5 Å². The molecule has 1 aliphatic rings. The Labute approximate surface area is 160 Å². The molecule has 0 aliphatic heterocycles. The zero-order chi connectivity index (χ0) is 18.5. The molecule has 134 valence electrons. The molecule has 1 aliphatic carbocycles. The third-order valence-corrected chi connectivity index (χ3v) is 5.43. The minimum absolute atomic E-state index is 0.217. The molecule has 0 fully saturated rings. The SMILES string of the molecule is COc1cc2c(cc1OC)C(C)(C)c1c-2n[nH]c1Nc1cccc(Br)c1. The third kappa shape index (κ3) is 2.48. The minimum atomic E-state index is -0.217. The summed E-state index contributed by atoms with van der Waals surface area (Å²) < 4.78 is 12.0. The van der Waals surface area contributed by atoms with Crippen molar-refractivity contribution < 1.29 is 9.47 Å². The van der Waals surface area contributed by atoms with Gasteiger partial charge in [0.25, 0.3) is 0 Å². The molecule has 0 saturated heterocycles. The molecule has 4 rings (SSSR count). The molecule has 5 nitrogen and oxygen atoms in total. The molecule has 3 aromatic rings. The summed E-state index contributed by atoms with van der Waals surface area (Å²) >= 11 is 3.51. The van der Waals surface area contributed by atoms with Crippen LogP contribution in [0.4, 0.5) is 11.5 Å². The highest BCUT2D eigenvalue weighted by Gasteiger charge is 2.41. The van der Waals surface area contributed by atoms with Crippen molar-refractivity contribution in [1.29, 1.82) is 0 Å². The van der Waals surface area contributed by atoms with Crippen molar-refractivity contribution in [3.8, 4) is 22.8 Å². The molecule has 2 N–H and O–H groups in total. The predicted octanol–water partition coefficient (Wildman–Crippen LogP) is 5.24. The molecule has 0 saturated carbocycles. The van der Waals surface area contributed by atoms with Gasteiger partial charge in [0.05, 0.1) is 19.9 Å². The number of rotatable bonds is 4. The first-order chi connectivity index (χ1) is 12.5. The van der Waals surface area contributed by atoms with Crippen LogP contribution >= 0.6 is 15.9 Å². The van der Waals surface area contributed by atoms with E-state index in [9.17, 15) is 0 Å². The molecular weight excluding hydrogens is 394 g/mol. The van der Waals surface area contributed by atoms with Crippen LogP contribution in [0.15, 0.2) is 40.9 Å². The van der Waals surface area contributed by atoms with Gasteiger partial charge < -0.3 is 14.8 Å². The lowest BCUT2D eigenvalue weighted by molar-refractivity contribution is 0.354. The van der Waals surface area contributed by atoms with Crippen LogP contribution in [0.3, 0.4) is 0 Å². The summed E-state index contributed by atoms with van der Waals surface area (Å²) in [6.07, 6.45) is 0. The van der Waals surface area contributed by atoms with E-state index in [4.69, 9.17) is 9.47 Å². The monoisotopic (exact) mass is 413 g/mol. The van der Waals surface area contributed by atoms with Crippen molar-refractivity contribution in [1.82, 2.24) is 10.2 Å². The molecule has 0 atom stereocenters. The molecule has 2 aromatic carbocycles. The molecule has 0 unspecified atom stereocenters. The number of aromatic amines is 1. The number of halogens is 1. The van der Waals surface area contributed by atoms with E-state index in [0.717, 1.165) is 38.5 Å². The van der Waals surface area contributed by atoms with Gasteiger partial charge in [-0.05, 0) is 35.9 Å². The van der Waals surface area contributed by atoms with E-state index in [-0.39, 0.29) is 5.41 Å². The van der Waals surface area contributed by atoms with Crippen molar-refractivity contribution in [2.45, 2.75) is 19.3 Å². The Morgan fingerprint density at radius 2 is 1.81 bits per heavy atom. The van der Waals surface area contributed by atoms with Crippen LogP contribution in [0, 0.1) is 0 Å². The van der Waals surface area contributed by atoms with Gasteiger partial charge >= 0.3 is 0 Å². The molecular formula is C20H20BrN3O2. The third-order valence-electron chi connectivity index (χ3n) is 4.94. The van der Waals surface area contributed by atoms with Gasteiger partial charge in [-0.2, -0.15) is 5.10 Å². The number of hydrogen-bond donors (Lipinski definition) is 2. The smallest absolute Gasteiger partial charge is 0.161 e. The van der Waals surface area contributed by atoms with Gasteiger partial charge in [-0.15, -0.1) is 0 Å². The topological polar surface area (TPSA) is 59.2 Å². The second-order valence-electron chi connectivity index (χ2n) is 6.84. The lowest BCUT2D eigenvalue weighted by Crippen LogP contribution is -2.16. The fourth-order valence-corrected chi connectivity index (χ4v) is 4.07. The number of nitrogens with one attached hydrogen (secondary N) is 2. The zero-order valence-corrected chi connectivity index (χ0v) is 16.7. The van der Waals surface area contributed by atoms with Crippen LogP contribution in [0.1, 0.15) is 25.0 Å². The standard InChI is InChI=1S/C20H20BrN3O2/c1-20(2)14-10-16(26-4)15(25-3)9-13(14)18-17(20)19(24-23-18)22-12-7-5-6-11(21)8-12/h5-10H,1-4H3,(H2,22,23,24). The first kappa shape index (κ1) is 17.0. The number of fused-ring (bicyclic) bond motifs is 3. The summed E-state index contributed by atoms with van der Waals surface area (Å²) in [6, 6.07) is 12.1. The highest BCUT2D eigenvalue weighted by Crippen LogP contribution is 2.53. The summed E-state index contributed by atoms with van der Waals surface area (Å²) in [5, 5.41) is 11.2. The fraction of sp³-hybridized carbons (Fsp3) is 0.250. The number of H-pyrrole nitrogens is 1. The number of anilines is 2. The van der Waals surface area contributed by atoms with Gasteiger partial charge in [0.1, 0.15) is 5.82 Å². The number of hydrogen-bond acceptors (Lipinski definition) is 4. The summed E-state index contributed by atoms with van der Waals surface area (Å²) in [5.41, 5.74) is 5.12. The van der Waals surface area contributed by atoms with Crippen molar-refractivity contribution in [2.24, 2.45) is 0 Å². The van der Waals surface area contributed by atoms with Crippen LogP contribution in [-0.4, -0.2) is 24.4 Å². The average Bonchev–Trinajstić information content (AvgIpc) is 3.13. The van der Waals surface area contributed by atoms with Gasteiger partial charge in [0, 0.05) is 26.7 Å². The van der Waals surface area contributed by atoms with Crippen molar-refractivity contribution in [3.05, 3.63) is 52.0 Å². The maximum absolute atomic E-state index is 5.50. The lowest BCUT2D eigenvalue weighted by Gasteiger charge is -2.23. The largest absolute Gasteiger partial charge is 0.493 e. The minimum Gasteiger partial charge on any atom is -0.493 e. The first-order valence-electron chi connectivity index (χ1n) is 8.34. The lowest BCUT2D eigenvalue weighted by atomic mass is 9.82. The maximum atomic E-state index is 5.50. The Hall–Kier alpha value is -2.47. The van der Waals surface area contributed by atoms with Crippen LogP contribution < -0.4 is 14.8 Å². The zero-order valence-electron chi connectivity index (χ0n) is 15.1. The number of ether oxygens (including phenoxy) is 2. The van der Waals surface area contributed by atoms with Crippen LogP contribution in [0.2, 0.25) is 0 Å². The van der Waals surface area contributed by atoms with E-state index in [1.807, 2.05) is 30.3 Å². The van der Waals surface area contributed by atoms with Crippen LogP contribution in [-0.2, 0) is 5.41 Å². The van der Waals surface area contributed by atoms with Gasteiger partial charge in [-0.3, -0.25) is 5.10 Å². The normalized spacial score (nSPS) is 13.9. The maximum Gasteiger partial charge on any atom is 0.161 e. The number of benzene rings is 2. The number of methoxy groups -OCH3 is 2. The summed E-state index contributed by atoms with van der Waals surface area (Å²) in [7, 11) is 3.31. The first-order valence-corrected chi connectivity index (χ1v) is 9.13. The van der Waals surface area contributed by atoms with E-state index < -0.39 is 0 Å². The molecule has 26 heavy (non-hydrogen) atoms. The second-order valence-corrected chi connectivity index (χ2v) is 7.75. The number of nitrogens with zero attached hydrogens (tertiary/aromatic N) is 1. The summed E-state index contributed by atoms with van der Waals surface area (Å²) in [4.78, 5) is 0. The fourth-order valence-electron chi connectivity index (χ4n) is 3.67. The molecule has 0 bridgehead atoms. The molecule has 1 heterocycles. The van der Waals surface area contributed by atoms with Gasteiger partial charge in [0.2, 0.25) is 0 Å². The van der Waals surface area contributed by atoms with Crippen molar-refractivity contribution in [2.75, 3.05) is 19.5 Å². The van der Waals surface area contributed by atoms with E-state index in [1.165, 1.54) is 5.56 Å². The molecule has 0 radical (unpaired) electrons. The van der Waals surface area contributed by atoms with E-state index in [1.54, 1.807) is 14.2 Å². The van der Waals surface area contributed by atoms with Gasteiger partial charge in [0.15, 0.2) is 11.5 Å². The average molecular weight is 414 g/mol. The quantitative estimate of drug-likeness (QED) is 0.613. The van der Waals surface area contributed by atoms with E-state index in [2.05, 4.69) is 51.4 Å². The highest BCUT2D eigenvalue weighted by atomic mass is 79.9. The Morgan fingerprint density at radius 1 is 1.08 bits per heavy atom. The molecule has 0 spiro atoms. The second kappa shape index (κ2) is 6.06. The Kier molecular flexibility index (Phi) is 3.95. The summed E-state index contributed by atoms with van der Waals surface area (Å²) in [6.45, 7) is 4.40. The predicted molar refractivity (Wildman–Crippen MR) is 107 cm³/mol.